The van der Waals surface area contributed by atoms with Crippen molar-refractivity contribution in [1.29, 1.82) is 5.26 Å². The number of thiazole rings is 1. The molecule has 1 aromatic carbocycles. The molecule has 1 heterocycles. The molecule has 2 aromatic rings. The van der Waals surface area contributed by atoms with Crippen LogP contribution in [-0.4, -0.2) is 4.98 Å². The number of hydrogen-bond donors (Lipinski definition) is 0. The second kappa shape index (κ2) is 4.18. The molecular formula is C16H16N2S. The molecule has 1 saturated carbocycles. The summed E-state index contributed by atoms with van der Waals surface area (Å²) in [5, 5.41) is 12.4. The summed E-state index contributed by atoms with van der Waals surface area (Å²) in [7, 11) is 0. The minimum Gasteiger partial charge on any atom is -0.239 e. The summed E-state index contributed by atoms with van der Waals surface area (Å²) in [6.07, 6.45) is 1.91. The molecule has 0 amide bonds. The normalized spacial score (nSPS) is 16.1. The van der Waals surface area contributed by atoms with Crippen molar-refractivity contribution in [3.63, 3.8) is 0 Å². The van der Waals surface area contributed by atoms with Crippen LogP contribution < -0.4 is 0 Å². The van der Waals surface area contributed by atoms with Gasteiger partial charge in [-0.05, 0) is 44.7 Å². The average Bonchev–Trinajstić information content (AvgIpc) is 3.00. The molecule has 19 heavy (non-hydrogen) atoms. The van der Waals surface area contributed by atoms with Crippen molar-refractivity contribution < 1.29 is 0 Å². The van der Waals surface area contributed by atoms with E-state index in [0.29, 0.717) is 0 Å². The highest BCUT2D eigenvalue weighted by Gasteiger charge is 2.47. The summed E-state index contributed by atoms with van der Waals surface area (Å²) in [5.74, 6) is 0. The van der Waals surface area contributed by atoms with E-state index in [1.54, 1.807) is 11.3 Å². The fourth-order valence-electron chi connectivity index (χ4n) is 2.68. The first kappa shape index (κ1) is 12.4. The molecule has 3 rings (SSSR count). The maximum atomic E-state index is 9.25. The first-order valence-corrected chi connectivity index (χ1v) is 7.39. The summed E-state index contributed by atoms with van der Waals surface area (Å²) in [6.45, 7) is 6.38. The maximum Gasteiger partial charge on any atom is 0.124 e. The molecule has 0 unspecified atom stereocenters. The Balaban J connectivity index is 2.07. The monoisotopic (exact) mass is 268 g/mol. The quantitative estimate of drug-likeness (QED) is 0.814. The van der Waals surface area contributed by atoms with Gasteiger partial charge in [-0.15, -0.1) is 11.3 Å². The molecule has 0 saturated heterocycles. The van der Waals surface area contributed by atoms with Crippen LogP contribution in [0.5, 0.6) is 0 Å². The number of aryl methyl sites for hydroxylation is 3. The lowest BCUT2D eigenvalue weighted by molar-refractivity contribution is 0.868. The molecule has 0 spiro atoms. The summed E-state index contributed by atoms with van der Waals surface area (Å²) in [5.41, 5.74) is 5.73. The molecular weight excluding hydrogens is 252 g/mol. The van der Waals surface area contributed by atoms with Gasteiger partial charge in [-0.3, -0.25) is 0 Å². The zero-order valence-electron chi connectivity index (χ0n) is 11.4. The van der Waals surface area contributed by atoms with Gasteiger partial charge in [0, 0.05) is 10.9 Å². The zero-order chi connectivity index (χ0) is 13.6. The molecule has 0 bridgehead atoms. The standard InChI is InChI=1S/C16H16N2S/c1-10-6-11(2)14(12(3)7-10)15-18-13(8-19-15)16(9-17)4-5-16/h6-8H,4-5H2,1-3H3. The lowest BCUT2D eigenvalue weighted by Gasteiger charge is -2.08. The Labute approximate surface area is 117 Å². The Morgan fingerprint density at radius 2 is 1.84 bits per heavy atom. The predicted octanol–water partition coefficient (Wildman–Crippen LogP) is 4.29. The van der Waals surface area contributed by atoms with Crippen molar-refractivity contribution >= 4 is 11.3 Å². The lowest BCUT2D eigenvalue weighted by Crippen LogP contribution is -2.02. The molecule has 0 aliphatic heterocycles. The topological polar surface area (TPSA) is 36.7 Å². The van der Waals surface area contributed by atoms with Crippen LogP contribution in [0.1, 0.15) is 35.2 Å². The van der Waals surface area contributed by atoms with Gasteiger partial charge in [0.25, 0.3) is 0 Å². The van der Waals surface area contributed by atoms with E-state index in [4.69, 9.17) is 4.98 Å². The third-order valence-corrected chi connectivity index (χ3v) is 4.71. The van der Waals surface area contributed by atoms with Gasteiger partial charge in [0.2, 0.25) is 0 Å². The third-order valence-electron chi connectivity index (χ3n) is 3.85. The summed E-state index contributed by atoms with van der Waals surface area (Å²) >= 11 is 1.66. The number of rotatable bonds is 2. The number of benzene rings is 1. The molecule has 1 aliphatic rings. The van der Waals surface area contributed by atoms with Gasteiger partial charge in [0.05, 0.1) is 11.8 Å². The lowest BCUT2D eigenvalue weighted by atomic mass is 10.00. The van der Waals surface area contributed by atoms with Gasteiger partial charge in [0.15, 0.2) is 0 Å². The predicted molar refractivity (Wildman–Crippen MR) is 78.3 cm³/mol. The SMILES string of the molecule is Cc1cc(C)c(-c2nc(C3(C#N)CC3)cs2)c(C)c1. The van der Waals surface area contributed by atoms with Crippen LogP contribution in [0.25, 0.3) is 10.6 Å². The molecule has 0 N–H and O–H groups in total. The summed E-state index contributed by atoms with van der Waals surface area (Å²) < 4.78 is 0. The van der Waals surface area contributed by atoms with Crippen LogP contribution in [-0.2, 0) is 5.41 Å². The van der Waals surface area contributed by atoms with Crippen LogP contribution in [0.3, 0.4) is 0 Å². The second-order valence-electron chi connectivity index (χ2n) is 5.51. The van der Waals surface area contributed by atoms with Crippen molar-refractivity contribution in [3.05, 3.63) is 39.9 Å². The average molecular weight is 268 g/mol. The highest BCUT2D eigenvalue weighted by molar-refractivity contribution is 7.13. The van der Waals surface area contributed by atoms with Gasteiger partial charge >= 0.3 is 0 Å². The van der Waals surface area contributed by atoms with E-state index < -0.39 is 0 Å². The van der Waals surface area contributed by atoms with E-state index >= 15 is 0 Å². The molecule has 0 atom stereocenters. The van der Waals surface area contributed by atoms with E-state index in [9.17, 15) is 5.26 Å². The molecule has 2 nitrogen and oxygen atoms in total. The van der Waals surface area contributed by atoms with Crippen LogP contribution in [0.4, 0.5) is 0 Å². The molecule has 1 fully saturated rings. The van der Waals surface area contributed by atoms with Crippen LogP contribution in [0.2, 0.25) is 0 Å². The van der Waals surface area contributed by atoms with Crippen molar-refractivity contribution in [2.24, 2.45) is 0 Å². The van der Waals surface area contributed by atoms with E-state index in [-0.39, 0.29) is 5.41 Å². The number of aromatic nitrogens is 1. The van der Waals surface area contributed by atoms with Crippen molar-refractivity contribution in [2.75, 3.05) is 0 Å². The van der Waals surface area contributed by atoms with Gasteiger partial charge in [0.1, 0.15) is 10.4 Å². The third kappa shape index (κ3) is 1.97. The largest absolute Gasteiger partial charge is 0.239 e. The van der Waals surface area contributed by atoms with Crippen LogP contribution >= 0.6 is 11.3 Å². The summed E-state index contributed by atoms with van der Waals surface area (Å²) in [4.78, 5) is 4.73. The van der Waals surface area contributed by atoms with Crippen molar-refractivity contribution in [3.8, 4) is 16.6 Å². The molecule has 96 valence electrons. The molecule has 0 radical (unpaired) electrons. The van der Waals surface area contributed by atoms with Crippen LogP contribution in [0.15, 0.2) is 17.5 Å². The Morgan fingerprint density at radius 3 is 2.37 bits per heavy atom. The minimum atomic E-state index is -0.277. The summed E-state index contributed by atoms with van der Waals surface area (Å²) in [6, 6.07) is 6.81. The zero-order valence-corrected chi connectivity index (χ0v) is 12.3. The van der Waals surface area contributed by atoms with Gasteiger partial charge in [-0.1, -0.05) is 17.7 Å². The van der Waals surface area contributed by atoms with Gasteiger partial charge in [-0.2, -0.15) is 5.26 Å². The Morgan fingerprint density at radius 1 is 1.21 bits per heavy atom. The number of hydrogen-bond acceptors (Lipinski definition) is 3. The highest BCUT2D eigenvalue weighted by Crippen LogP contribution is 2.48. The Hall–Kier alpha value is -1.66. The van der Waals surface area contributed by atoms with Crippen molar-refractivity contribution in [1.82, 2.24) is 4.98 Å². The molecule has 3 heteroatoms. The maximum absolute atomic E-state index is 9.25. The number of nitrogens with zero attached hydrogens (tertiary/aromatic N) is 2. The fraction of sp³-hybridized carbons (Fsp3) is 0.375. The number of nitriles is 1. The first-order chi connectivity index (χ1) is 9.05. The minimum absolute atomic E-state index is 0.277. The molecule has 1 aliphatic carbocycles. The smallest absolute Gasteiger partial charge is 0.124 e. The Bertz CT molecular complexity index is 664. The van der Waals surface area contributed by atoms with E-state index in [0.717, 1.165) is 23.5 Å². The van der Waals surface area contributed by atoms with Crippen molar-refractivity contribution in [2.45, 2.75) is 39.0 Å². The van der Waals surface area contributed by atoms with E-state index in [2.05, 4.69) is 44.4 Å². The van der Waals surface area contributed by atoms with Gasteiger partial charge < -0.3 is 0 Å². The van der Waals surface area contributed by atoms with E-state index in [1.165, 1.54) is 22.3 Å². The molecule has 1 aromatic heterocycles. The van der Waals surface area contributed by atoms with Gasteiger partial charge in [-0.25, -0.2) is 4.98 Å². The Kier molecular flexibility index (Phi) is 2.72. The van der Waals surface area contributed by atoms with E-state index in [1.807, 2.05) is 0 Å². The first-order valence-electron chi connectivity index (χ1n) is 6.51. The highest BCUT2D eigenvalue weighted by atomic mass is 32.1. The second-order valence-corrected chi connectivity index (χ2v) is 6.36. The fourth-order valence-corrected chi connectivity index (χ4v) is 3.77. The van der Waals surface area contributed by atoms with Crippen LogP contribution in [0, 0.1) is 32.1 Å².